The Morgan fingerprint density at radius 1 is 1.08 bits per heavy atom. The number of hydrogen-bond donors (Lipinski definition) is 1. The van der Waals surface area contributed by atoms with Gasteiger partial charge in [0.1, 0.15) is 0 Å². The van der Waals surface area contributed by atoms with Gasteiger partial charge in [0.2, 0.25) is 0 Å². The van der Waals surface area contributed by atoms with Crippen LogP contribution in [0.5, 0.6) is 0 Å². The van der Waals surface area contributed by atoms with Crippen molar-refractivity contribution in [2.45, 2.75) is 25.8 Å². The molecule has 1 aliphatic carbocycles. The quantitative estimate of drug-likeness (QED) is 0.674. The number of likely N-dealkylation sites (N-methyl/N-ethyl adjacent to an activating group) is 1. The van der Waals surface area contributed by atoms with Crippen molar-refractivity contribution in [1.29, 1.82) is 0 Å². The molecule has 1 N–H and O–H groups in total. The van der Waals surface area contributed by atoms with Crippen LogP contribution in [0.4, 0.5) is 0 Å². The Kier molecular flexibility index (Phi) is 2.86. The second-order valence-corrected chi connectivity index (χ2v) is 4.58. The summed E-state index contributed by atoms with van der Waals surface area (Å²) in [7, 11) is 2.20. The van der Waals surface area contributed by atoms with Gasteiger partial charge in [0.25, 0.3) is 0 Å². The highest BCUT2D eigenvalue weighted by molar-refractivity contribution is 4.83. The van der Waals surface area contributed by atoms with E-state index in [0.717, 1.165) is 12.0 Å². The van der Waals surface area contributed by atoms with Crippen molar-refractivity contribution in [2.75, 3.05) is 33.2 Å². The predicted molar refractivity (Wildman–Crippen MR) is 54.4 cm³/mol. The Bertz CT molecular complexity index is 164. The van der Waals surface area contributed by atoms with Gasteiger partial charge in [0, 0.05) is 32.2 Å². The van der Waals surface area contributed by atoms with Crippen molar-refractivity contribution in [3.05, 3.63) is 0 Å². The smallest absolute Gasteiger partial charge is 0.0259 e. The highest BCUT2D eigenvalue weighted by Crippen LogP contribution is 2.26. The molecule has 0 amide bonds. The summed E-state index contributed by atoms with van der Waals surface area (Å²) < 4.78 is 0. The summed E-state index contributed by atoms with van der Waals surface area (Å²) in [4.78, 5) is 2.39. The van der Waals surface area contributed by atoms with Crippen molar-refractivity contribution in [3.8, 4) is 0 Å². The Hall–Kier alpha value is -0.120. The van der Waals surface area contributed by atoms with E-state index < -0.39 is 0 Å². The number of hydrazine groups is 1. The first-order valence-electron chi connectivity index (χ1n) is 5.45. The summed E-state index contributed by atoms with van der Waals surface area (Å²) in [5.41, 5.74) is 3.63. The summed E-state index contributed by atoms with van der Waals surface area (Å²) in [6.45, 7) is 7.11. The zero-order valence-corrected chi connectivity index (χ0v) is 8.79. The van der Waals surface area contributed by atoms with Crippen molar-refractivity contribution in [2.24, 2.45) is 5.92 Å². The number of rotatable bonds is 2. The Morgan fingerprint density at radius 3 is 2.23 bits per heavy atom. The molecule has 0 aromatic heterocycles. The van der Waals surface area contributed by atoms with Crippen LogP contribution in [0.2, 0.25) is 0 Å². The van der Waals surface area contributed by atoms with Gasteiger partial charge in [-0.1, -0.05) is 6.92 Å². The van der Waals surface area contributed by atoms with E-state index in [1.165, 1.54) is 39.0 Å². The molecular formula is C10H21N3. The molecule has 2 unspecified atom stereocenters. The summed E-state index contributed by atoms with van der Waals surface area (Å²) in [6, 6.07) is 0.767. The van der Waals surface area contributed by atoms with Gasteiger partial charge in [-0.3, -0.25) is 5.43 Å². The molecule has 76 valence electrons. The maximum Gasteiger partial charge on any atom is 0.0259 e. The molecular weight excluding hydrogens is 162 g/mol. The van der Waals surface area contributed by atoms with E-state index >= 15 is 0 Å². The van der Waals surface area contributed by atoms with Crippen LogP contribution in [-0.4, -0.2) is 49.2 Å². The van der Waals surface area contributed by atoms with Gasteiger partial charge >= 0.3 is 0 Å². The van der Waals surface area contributed by atoms with Gasteiger partial charge in [0.05, 0.1) is 0 Å². The zero-order chi connectivity index (χ0) is 9.26. The molecule has 1 saturated carbocycles. The summed E-state index contributed by atoms with van der Waals surface area (Å²) in [5.74, 6) is 0.889. The summed E-state index contributed by atoms with van der Waals surface area (Å²) in [5, 5.41) is 2.40. The lowest BCUT2D eigenvalue weighted by atomic mass is 9.82. The largest absolute Gasteiger partial charge is 0.304 e. The van der Waals surface area contributed by atoms with Gasteiger partial charge in [-0.2, -0.15) is 0 Å². The van der Waals surface area contributed by atoms with Crippen molar-refractivity contribution < 1.29 is 0 Å². The Morgan fingerprint density at radius 2 is 1.77 bits per heavy atom. The second kappa shape index (κ2) is 3.95. The predicted octanol–water partition coefficient (Wildman–Crippen LogP) is 0.537. The molecule has 1 aliphatic heterocycles. The maximum absolute atomic E-state index is 3.63. The number of nitrogens with one attached hydrogen (secondary N) is 1. The molecule has 3 heteroatoms. The average molecular weight is 183 g/mol. The average Bonchev–Trinajstić information content (AvgIpc) is 2.15. The van der Waals surface area contributed by atoms with Crippen LogP contribution < -0.4 is 5.43 Å². The van der Waals surface area contributed by atoms with Gasteiger partial charge < -0.3 is 4.90 Å². The van der Waals surface area contributed by atoms with Crippen molar-refractivity contribution >= 4 is 0 Å². The van der Waals surface area contributed by atoms with Crippen LogP contribution in [0.3, 0.4) is 0 Å². The van der Waals surface area contributed by atoms with Gasteiger partial charge in [-0.05, 0) is 25.8 Å². The number of piperazine rings is 1. The van der Waals surface area contributed by atoms with Gasteiger partial charge in [-0.25, -0.2) is 5.01 Å². The molecule has 2 fully saturated rings. The molecule has 2 rings (SSSR count). The fourth-order valence-corrected chi connectivity index (χ4v) is 2.03. The van der Waals surface area contributed by atoms with Crippen LogP contribution in [0.25, 0.3) is 0 Å². The minimum absolute atomic E-state index is 0.767. The van der Waals surface area contributed by atoms with E-state index in [-0.39, 0.29) is 0 Å². The van der Waals surface area contributed by atoms with Gasteiger partial charge in [-0.15, -0.1) is 0 Å². The normalized spacial score (nSPS) is 37.4. The molecule has 0 aromatic rings. The lowest BCUT2D eigenvalue weighted by Crippen LogP contribution is -2.57. The highest BCUT2D eigenvalue weighted by atomic mass is 15.5. The summed E-state index contributed by atoms with van der Waals surface area (Å²) in [6.07, 6.45) is 2.78. The van der Waals surface area contributed by atoms with E-state index in [0.29, 0.717) is 0 Å². The van der Waals surface area contributed by atoms with Crippen LogP contribution >= 0.6 is 0 Å². The van der Waals surface area contributed by atoms with E-state index in [4.69, 9.17) is 0 Å². The fraction of sp³-hybridized carbons (Fsp3) is 1.00. The molecule has 3 nitrogen and oxygen atoms in total. The Labute approximate surface area is 81.1 Å². The van der Waals surface area contributed by atoms with E-state index in [1.807, 2.05) is 0 Å². The van der Waals surface area contributed by atoms with Crippen molar-refractivity contribution in [3.63, 3.8) is 0 Å². The monoisotopic (exact) mass is 183 g/mol. The minimum atomic E-state index is 0.767. The first-order chi connectivity index (χ1) is 6.25. The van der Waals surface area contributed by atoms with E-state index in [2.05, 4.69) is 29.3 Å². The Balaban J connectivity index is 1.70. The second-order valence-electron chi connectivity index (χ2n) is 4.58. The topological polar surface area (TPSA) is 18.5 Å². The zero-order valence-electron chi connectivity index (χ0n) is 8.79. The molecule has 0 aromatic carbocycles. The molecule has 0 bridgehead atoms. The lowest BCUT2D eigenvalue weighted by molar-refractivity contribution is 0.0478. The third kappa shape index (κ3) is 2.22. The molecule has 13 heavy (non-hydrogen) atoms. The molecule has 0 spiro atoms. The third-order valence-corrected chi connectivity index (χ3v) is 3.47. The van der Waals surface area contributed by atoms with E-state index in [1.54, 1.807) is 0 Å². The number of hydrogen-bond acceptors (Lipinski definition) is 3. The van der Waals surface area contributed by atoms with Gasteiger partial charge in [0.15, 0.2) is 0 Å². The van der Waals surface area contributed by atoms with E-state index in [9.17, 15) is 0 Å². The van der Waals surface area contributed by atoms with Crippen LogP contribution in [0.15, 0.2) is 0 Å². The van der Waals surface area contributed by atoms with Crippen LogP contribution in [0.1, 0.15) is 19.8 Å². The highest BCUT2D eigenvalue weighted by Gasteiger charge is 2.28. The lowest BCUT2D eigenvalue weighted by Gasteiger charge is -2.41. The SMILES string of the molecule is CC1CCC1NN1CCN(C)CC1. The minimum Gasteiger partial charge on any atom is -0.304 e. The molecule has 0 radical (unpaired) electrons. The van der Waals surface area contributed by atoms with Crippen LogP contribution in [0, 0.1) is 5.92 Å². The standard InChI is InChI=1S/C10H21N3/c1-9-3-4-10(9)11-13-7-5-12(2)6-8-13/h9-11H,3-8H2,1-2H3. The number of nitrogens with zero attached hydrogens (tertiary/aromatic N) is 2. The molecule has 1 saturated heterocycles. The molecule has 2 aliphatic rings. The maximum atomic E-state index is 3.63. The molecule has 2 atom stereocenters. The van der Waals surface area contributed by atoms with Crippen molar-refractivity contribution in [1.82, 2.24) is 15.3 Å². The summed E-state index contributed by atoms with van der Waals surface area (Å²) >= 11 is 0. The van der Waals surface area contributed by atoms with Crippen LogP contribution in [-0.2, 0) is 0 Å². The fourth-order valence-electron chi connectivity index (χ4n) is 2.03. The first-order valence-corrected chi connectivity index (χ1v) is 5.45. The molecule has 1 heterocycles. The first kappa shape index (κ1) is 9.44. The third-order valence-electron chi connectivity index (χ3n) is 3.47.